The van der Waals surface area contributed by atoms with Gasteiger partial charge in [-0.3, -0.25) is 19.2 Å². The van der Waals surface area contributed by atoms with Crippen molar-refractivity contribution in [3.05, 3.63) is 46.3 Å². The predicted octanol–water partition coefficient (Wildman–Crippen LogP) is 2.13. The number of rotatable bonds is 7. The number of nitro benzene ring substituents is 1. The number of hydrogen-bond acceptors (Lipinski definition) is 6. The molecule has 3 heterocycles. The second-order valence-electron chi connectivity index (χ2n) is 6.11. The van der Waals surface area contributed by atoms with Crippen LogP contribution in [0.25, 0.3) is 5.69 Å². The lowest BCUT2D eigenvalue weighted by molar-refractivity contribution is -0.384. The molecule has 12 heteroatoms. The summed E-state index contributed by atoms with van der Waals surface area (Å²) in [5.41, 5.74) is -0.304. The van der Waals surface area contributed by atoms with Gasteiger partial charge in [-0.1, -0.05) is 0 Å². The fourth-order valence-electron chi connectivity index (χ4n) is 2.71. The first-order valence-electron chi connectivity index (χ1n) is 8.02. The van der Waals surface area contributed by atoms with Crippen molar-refractivity contribution in [3.8, 4) is 5.69 Å². The lowest BCUT2D eigenvalue weighted by Crippen LogP contribution is -2.12. The number of hydrogen-bond donors (Lipinski definition) is 0. The monoisotopic (exact) mass is 382 g/mol. The molecule has 2 fully saturated rings. The summed E-state index contributed by atoms with van der Waals surface area (Å²) in [6, 6.07) is 2.12. The highest BCUT2D eigenvalue weighted by Gasteiger charge is 2.50. The summed E-state index contributed by atoms with van der Waals surface area (Å²) in [5.74, 6) is -0.795. The Labute approximate surface area is 147 Å². The van der Waals surface area contributed by atoms with Crippen LogP contribution in [0.4, 0.5) is 10.1 Å². The maximum atomic E-state index is 14.5. The normalized spacial score (nSPS) is 18.7. The Morgan fingerprint density at radius 2 is 1.96 bits per heavy atom. The molecule has 0 saturated carbocycles. The highest BCUT2D eigenvalue weighted by molar-refractivity contribution is 7.54. The van der Waals surface area contributed by atoms with Gasteiger partial charge in [-0.2, -0.15) is 5.10 Å². The number of nitrogens with zero attached hydrogens (tertiary/aromatic N) is 6. The maximum Gasteiger partial charge on any atom is 0.346 e. The third kappa shape index (κ3) is 3.03. The van der Waals surface area contributed by atoms with Crippen LogP contribution in [0.3, 0.4) is 0 Å². The van der Waals surface area contributed by atoms with E-state index in [2.05, 4.69) is 10.1 Å². The summed E-state index contributed by atoms with van der Waals surface area (Å²) >= 11 is 0. The van der Waals surface area contributed by atoms with Gasteiger partial charge < -0.3 is 0 Å². The number of nitro groups is 1. The van der Waals surface area contributed by atoms with Crippen LogP contribution in [0.5, 0.6) is 0 Å². The highest BCUT2D eigenvalue weighted by Crippen LogP contribution is 2.63. The van der Waals surface area contributed by atoms with Crippen LogP contribution in [0.2, 0.25) is 0 Å². The molecule has 2 aliphatic heterocycles. The van der Waals surface area contributed by atoms with E-state index in [4.69, 9.17) is 4.52 Å². The largest absolute Gasteiger partial charge is 0.346 e. The molecule has 0 bridgehead atoms. The fraction of sp³-hybridized carbons (Fsp3) is 0.429. The quantitative estimate of drug-likeness (QED) is 0.310. The number of aromatic nitrogens is 3. The third-order valence-corrected chi connectivity index (χ3v) is 7.07. The molecule has 0 spiro atoms. The standard InChI is InChI=1S/C14H16FN6O4P/c1-10(25-26(24,18-2-3-18)19-4-5-19)11-6-13(20-9-16-8-17-20)14(21(22)23)7-12(11)15/h6-10H,2-5H2,1H3. The molecule has 1 aromatic heterocycles. The molecule has 2 aliphatic rings. The summed E-state index contributed by atoms with van der Waals surface area (Å²) in [4.78, 5) is 14.3. The average Bonchev–Trinajstić information content (AvgIpc) is 3.52. The summed E-state index contributed by atoms with van der Waals surface area (Å²) in [7, 11) is -3.16. The van der Waals surface area contributed by atoms with E-state index in [1.54, 1.807) is 16.3 Å². The Morgan fingerprint density at radius 1 is 1.31 bits per heavy atom. The smallest absolute Gasteiger partial charge is 0.298 e. The van der Waals surface area contributed by atoms with E-state index in [1.807, 2.05) is 0 Å². The average molecular weight is 382 g/mol. The number of halogens is 1. The molecular formula is C14H16FN6O4P. The van der Waals surface area contributed by atoms with E-state index in [1.165, 1.54) is 23.4 Å². The second-order valence-corrected chi connectivity index (χ2v) is 8.43. The van der Waals surface area contributed by atoms with Crippen LogP contribution in [0.15, 0.2) is 24.8 Å². The Kier molecular flexibility index (Phi) is 4.11. The van der Waals surface area contributed by atoms with Gasteiger partial charge in [0.15, 0.2) is 0 Å². The molecule has 0 radical (unpaired) electrons. The van der Waals surface area contributed by atoms with Crippen LogP contribution in [0, 0.1) is 15.9 Å². The molecule has 2 saturated heterocycles. The van der Waals surface area contributed by atoms with Crippen LogP contribution >= 0.6 is 7.67 Å². The zero-order valence-corrected chi connectivity index (χ0v) is 14.8. The maximum absolute atomic E-state index is 14.5. The van der Waals surface area contributed by atoms with Crippen molar-refractivity contribution < 1.29 is 18.4 Å². The minimum Gasteiger partial charge on any atom is -0.298 e. The Hall–Kier alpha value is -2.20. The van der Waals surface area contributed by atoms with Gasteiger partial charge in [-0.05, 0) is 13.0 Å². The van der Waals surface area contributed by atoms with E-state index in [9.17, 15) is 19.1 Å². The Bertz CT molecular complexity index is 883. The number of benzene rings is 1. The molecule has 138 valence electrons. The second kappa shape index (κ2) is 6.20. The van der Waals surface area contributed by atoms with E-state index < -0.39 is 30.2 Å². The summed E-state index contributed by atoms with van der Waals surface area (Å²) in [6.45, 7) is 4.27. The van der Waals surface area contributed by atoms with Crippen LogP contribution in [-0.4, -0.2) is 55.2 Å². The molecule has 0 N–H and O–H groups in total. The van der Waals surface area contributed by atoms with Crippen molar-refractivity contribution in [1.82, 2.24) is 24.1 Å². The lowest BCUT2D eigenvalue weighted by Gasteiger charge is -2.24. The summed E-state index contributed by atoms with van der Waals surface area (Å²) < 4.78 is 38.0. The topological polar surface area (TPSA) is 106 Å². The van der Waals surface area contributed by atoms with Crippen LogP contribution in [-0.2, 0) is 9.09 Å². The van der Waals surface area contributed by atoms with Crippen molar-refractivity contribution in [2.45, 2.75) is 13.0 Å². The van der Waals surface area contributed by atoms with Crippen LogP contribution in [0.1, 0.15) is 18.6 Å². The molecule has 0 amide bonds. The van der Waals surface area contributed by atoms with Gasteiger partial charge in [0.05, 0.1) is 17.1 Å². The minimum absolute atomic E-state index is 0.0626. The van der Waals surface area contributed by atoms with Crippen molar-refractivity contribution in [1.29, 1.82) is 0 Å². The van der Waals surface area contributed by atoms with Gasteiger partial charge in [0, 0.05) is 31.7 Å². The third-order valence-electron chi connectivity index (χ3n) is 4.25. The summed E-state index contributed by atoms with van der Waals surface area (Å²) in [6.07, 6.45) is 1.65. The van der Waals surface area contributed by atoms with Gasteiger partial charge in [-0.25, -0.2) is 23.4 Å². The van der Waals surface area contributed by atoms with Gasteiger partial charge in [0.1, 0.15) is 24.2 Å². The molecular weight excluding hydrogens is 366 g/mol. The van der Waals surface area contributed by atoms with Crippen molar-refractivity contribution >= 4 is 13.4 Å². The van der Waals surface area contributed by atoms with Gasteiger partial charge in [-0.15, -0.1) is 0 Å². The zero-order chi connectivity index (χ0) is 18.5. The molecule has 26 heavy (non-hydrogen) atoms. The van der Waals surface area contributed by atoms with Crippen molar-refractivity contribution in [2.75, 3.05) is 26.2 Å². The van der Waals surface area contributed by atoms with Gasteiger partial charge in [0.2, 0.25) is 0 Å². The predicted molar refractivity (Wildman–Crippen MR) is 88.2 cm³/mol. The molecule has 10 nitrogen and oxygen atoms in total. The molecule has 1 unspecified atom stereocenters. The Balaban J connectivity index is 1.70. The molecule has 2 aromatic rings. The molecule has 0 aliphatic carbocycles. The zero-order valence-electron chi connectivity index (χ0n) is 13.9. The molecule has 4 rings (SSSR count). The lowest BCUT2D eigenvalue weighted by atomic mass is 10.1. The van der Waals surface area contributed by atoms with E-state index in [0.717, 1.165) is 6.07 Å². The van der Waals surface area contributed by atoms with Gasteiger partial charge >= 0.3 is 7.67 Å². The van der Waals surface area contributed by atoms with E-state index in [0.29, 0.717) is 26.2 Å². The minimum atomic E-state index is -3.16. The molecule has 1 atom stereocenters. The van der Waals surface area contributed by atoms with Gasteiger partial charge in [0.25, 0.3) is 5.69 Å². The Morgan fingerprint density at radius 3 is 2.46 bits per heavy atom. The SMILES string of the molecule is CC(OP(=O)(N1CC1)N1CC1)c1cc(-n2cncn2)c([N+](=O)[O-])cc1F. The summed E-state index contributed by atoms with van der Waals surface area (Å²) in [5, 5.41) is 15.1. The molecule has 1 aromatic carbocycles. The van der Waals surface area contributed by atoms with E-state index >= 15 is 0 Å². The van der Waals surface area contributed by atoms with Crippen molar-refractivity contribution in [2.24, 2.45) is 0 Å². The first-order valence-corrected chi connectivity index (χ1v) is 9.55. The van der Waals surface area contributed by atoms with Crippen LogP contribution < -0.4 is 0 Å². The fourth-order valence-corrected chi connectivity index (χ4v) is 5.05. The van der Waals surface area contributed by atoms with E-state index in [-0.39, 0.29) is 11.3 Å². The van der Waals surface area contributed by atoms with Crippen molar-refractivity contribution in [3.63, 3.8) is 0 Å². The first kappa shape index (κ1) is 17.2. The first-order chi connectivity index (χ1) is 12.4. The highest BCUT2D eigenvalue weighted by atomic mass is 31.2.